The number of hydrogen-bond acceptors (Lipinski definition) is 13. The van der Waals surface area contributed by atoms with E-state index in [-0.39, 0.29) is 12.5 Å². The molecule has 2 aliphatic rings. The van der Waals surface area contributed by atoms with Crippen LogP contribution in [-0.2, 0) is 23.7 Å². The van der Waals surface area contributed by atoms with E-state index in [0.717, 1.165) is 77.0 Å². The molecule has 0 aromatic heterocycles. The molecule has 12 atom stereocenters. The molecule has 2 aliphatic heterocycles. The van der Waals surface area contributed by atoms with Crippen LogP contribution >= 0.6 is 0 Å². The van der Waals surface area contributed by atoms with Crippen molar-refractivity contribution in [3.63, 3.8) is 0 Å². The van der Waals surface area contributed by atoms with E-state index in [9.17, 15) is 45.6 Å². The van der Waals surface area contributed by atoms with Crippen LogP contribution in [0.25, 0.3) is 0 Å². The number of allylic oxidation sites excluding steroid dienone is 8. The summed E-state index contributed by atoms with van der Waals surface area (Å²) in [5, 5.41) is 87.5. The van der Waals surface area contributed by atoms with Crippen molar-refractivity contribution in [1.29, 1.82) is 0 Å². The van der Waals surface area contributed by atoms with Gasteiger partial charge in [-0.1, -0.05) is 274 Å². The van der Waals surface area contributed by atoms with Crippen LogP contribution in [0, 0.1) is 0 Å². The Kier molecular flexibility index (Phi) is 49.3. The third-order valence-electron chi connectivity index (χ3n) is 16.6. The Hall–Kier alpha value is -2.05. The summed E-state index contributed by atoms with van der Waals surface area (Å²) in [5.41, 5.74) is 0. The van der Waals surface area contributed by atoms with E-state index < -0.39 is 86.8 Å². The maximum absolute atomic E-state index is 13.3. The first kappa shape index (κ1) is 76.0. The van der Waals surface area contributed by atoms with Crippen LogP contribution in [-0.4, -0.2) is 140 Å². The zero-order valence-electron chi connectivity index (χ0n) is 52.0. The maximum Gasteiger partial charge on any atom is 0.220 e. The van der Waals surface area contributed by atoms with E-state index >= 15 is 0 Å². The molecular formula is C68H125NO13. The third-order valence-corrected chi connectivity index (χ3v) is 16.6. The van der Waals surface area contributed by atoms with Gasteiger partial charge in [0.15, 0.2) is 12.6 Å². The predicted octanol–water partition coefficient (Wildman–Crippen LogP) is 13.1. The van der Waals surface area contributed by atoms with Gasteiger partial charge in [0.2, 0.25) is 5.91 Å². The molecule has 2 rings (SSSR count). The summed E-state index contributed by atoms with van der Waals surface area (Å²) in [7, 11) is 0. The topological polar surface area (TPSA) is 228 Å². The molecule has 0 bridgehead atoms. The molecule has 14 heteroatoms. The first-order chi connectivity index (χ1) is 40.1. The van der Waals surface area contributed by atoms with Gasteiger partial charge in [0.25, 0.3) is 0 Å². The number of unbranched alkanes of at least 4 members (excludes halogenated alkanes) is 34. The first-order valence-corrected chi connectivity index (χ1v) is 33.9. The zero-order valence-corrected chi connectivity index (χ0v) is 52.0. The standard InChI is InChI=1S/C68H125NO13/c1-3-5-7-9-11-13-15-17-19-21-23-24-25-26-27-28-29-30-31-32-34-36-38-40-42-44-46-48-50-52-60(73)69-56(57(72)51-49-47-45-43-41-39-37-35-33-22-20-18-16-14-12-10-8-6-4-2)55-79-67-65(78)63(76)66(59(54-71)81-67)82-68-64(77)62(75)61(74)58(53-70)80-68/h5,7,11,13,17,19,23-24,56-59,61-68,70-72,74-78H,3-4,6,8-10,12,14-16,18,20-22,25-55H2,1-2H3,(H,69,73)/b7-5-,13-11-,19-17-,24-23-. The molecule has 0 saturated carbocycles. The van der Waals surface area contributed by atoms with Crippen molar-refractivity contribution in [2.75, 3.05) is 19.8 Å². The molecule has 0 aliphatic carbocycles. The third kappa shape index (κ3) is 37.5. The van der Waals surface area contributed by atoms with Crippen molar-refractivity contribution < 1.29 is 64.6 Å². The summed E-state index contributed by atoms with van der Waals surface area (Å²) in [6.45, 7) is 2.78. The van der Waals surface area contributed by atoms with Crippen LogP contribution in [0.15, 0.2) is 48.6 Å². The summed E-state index contributed by atoms with van der Waals surface area (Å²) in [5.74, 6) is -0.204. The lowest BCUT2D eigenvalue weighted by Crippen LogP contribution is -2.65. The quantitative estimate of drug-likeness (QED) is 0.0204. The SMILES string of the molecule is CC/C=C\C/C=C\C/C=C\C/C=C\CCCCCCCCCCCCCCCCCCC(=O)NC(COC1OC(CO)C(OC2OC(CO)C(O)C(O)C2O)C(O)C1O)C(O)CCCCCCCCCCCCCCCCCCCCC. The first-order valence-electron chi connectivity index (χ1n) is 33.9. The molecule has 1 amide bonds. The fourth-order valence-corrected chi connectivity index (χ4v) is 11.2. The minimum Gasteiger partial charge on any atom is -0.394 e. The van der Waals surface area contributed by atoms with E-state index in [1.165, 1.54) is 180 Å². The maximum atomic E-state index is 13.3. The summed E-state index contributed by atoms with van der Waals surface area (Å²) >= 11 is 0. The number of hydrogen-bond donors (Lipinski definition) is 9. The molecule has 12 unspecified atom stereocenters. The van der Waals surface area contributed by atoms with E-state index in [0.29, 0.717) is 12.8 Å². The zero-order chi connectivity index (χ0) is 59.5. The van der Waals surface area contributed by atoms with Crippen LogP contribution in [0.4, 0.5) is 0 Å². The number of carbonyl (C=O) groups excluding carboxylic acids is 1. The molecule has 0 radical (unpaired) electrons. The smallest absolute Gasteiger partial charge is 0.220 e. The number of aliphatic hydroxyl groups is 8. The number of rotatable bonds is 55. The molecule has 0 spiro atoms. The Morgan fingerprint density at radius 3 is 1.29 bits per heavy atom. The highest BCUT2D eigenvalue weighted by Crippen LogP contribution is 2.30. The van der Waals surface area contributed by atoms with Gasteiger partial charge in [-0.05, 0) is 51.4 Å². The molecule has 480 valence electrons. The fourth-order valence-electron chi connectivity index (χ4n) is 11.2. The molecule has 2 fully saturated rings. The molecule has 9 N–H and O–H groups in total. The highest BCUT2D eigenvalue weighted by Gasteiger charge is 2.51. The van der Waals surface area contributed by atoms with Gasteiger partial charge >= 0.3 is 0 Å². The van der Waals surface area contributed by atoms with Gasteiger partial charge in [0, 0.05) is 6.42 Å². The number of ether oxygens (including phenoxy) is 4. The molecule has 2 saturated heterocycles. The van der Waals surface area contributed by atoms with Gasteiger partial charge in [0.1, 0.15) is 48.8 Å². The van der Waals surface area contributed by atoms with Crippen LogP contribution in [0.5, 0.6) is 0 Å². The second kappa shape index (κ2) is 53.2. The van der Waals surface area contributed by atoms with Crippen LogP contribution in [0.2, 0.25) is 0 Å². The summed E-state index contributed by atoms with van der Waals surface area (Å²) in [4.78, 5) is 13.3. The van der Waals surface area contributed by atoms with E-state index in [4.69, 9.17) is 18.9 Å². The summed E-state index contributed by atoms with van der Waals surface area (Å²) < 4.78 is 22.9. The molecule has 82 heavy (non-hydrogen) atoms. The molecule has 0 aromatic rings. The van der Waals surface area contributed by atoms with E-state index in [1.807, 2.05) is 0 Å². The van der Waals surface area contributed by atoms with Crippen LogP contribution in [0.1, 0.15) is 284 Å². The summed E-state index contributed by atoms with van der Waals surface area (Å²) in [6, 6.07) is -0.830. The molecule has 2 heterocycles. The minimum atomic E-state index is -1.78. The van der Waals surface area contributed by atoms with Crippen molar-refractivity contribution in [2.24, 2.45) is 0 Å². The minimum absolute atomic E-state index is 0.204. The Morgan fingerprint density at radius 2 is 0.841 bits per heavy atom. The Morgan fingerprint density at radius 1 is 0.451 bits per heavy atom. The molecule has 14 nitrogen and oxygen atoms in total. The lowest BCUT2D eigenvalue weighted by Gasteiger charge is -2.46. The second-order valence-corrected chi connectivity index (χ2v) is 23.9. The normalized spacial score (nSPS) is 24.2. The number of nitrogens with one attached hydrogen (secondary N) is 1. The Labute approximate surface area is 499 Å². The number of carbonyl (C=O) groups is 1. The lowest BCUT2D eigenvalue weighted by molar-refractivity contribution is -0.359. The Bertz CT molecular complexity index is 1560. The van der Waals surface area contributed by atoms with Gasteiger partial charge < -0.3 is 65.1 Å². The molecule has 0 aromatic carbocycles. The van der Waals surface area contributed by atoms with Crippen molar-refractivity contribution in [1.82, 2.24) is 5.32 Å². The predicted molar refractivity (Wildman–Crippen MR) is 332 cm³/mol. The average molecular weight is 1160 g/mol. The van der Waals surface area contributed by atoms with E-state index in [2.05, 4.69) is 67.8 Å². The van der Waals surface area contributed by atoms with Crippen molar-refractivity contribution in [3.05, 3.63) is 48.6 Å². The lowest BCUT2D eigenvalue weighted by atomic mass is 9.97. The number of amides is 1. The number of aliphatic hydroxyl groups excluding tert-OH is 8. The largest absolute Gasteiger partial charge is 0.394 e. The average Bonchev–Trinajstić information content (AvgIpc) is 3.65. The van der Waals surface area contributed by atoms with Crippen LogP contribution in [0.3, 0.4) is 0 Å². The van der Waals surface area contributed by atoms with Gasteiger partial charge in [-0.25, -0.2) is 0 Å². The fraction of sp³-hybridized carbons (Fsp3) is 0.868. The van der Waals surface area contributed by atoms with Gasteiger partial charge in [-0.2, -0.15) is 0 Å². The van der Waals surface area contributed by atoms with Crippen molar-refractivity contribution >= 4 is 5.91 Å². The van der Waals surface area contributed by atoms with Crippen molar-refractivity contribution in [3.8, 4) is 0 Å². The van der Waals surface area contributed by atoms with Gasteiger partial charge in [0.05, 0.1) is 32.0 Å². The van der Waals surface area contributed by atoms with E-state index in [1.54, 1.807) is 0 Å². The monoisotopic (exact) mass is 1160 g/mol. The highest BCUT2D eigenvalue weighted by molar-refractivity contribution is 5.76. The van der Waals surface area contributed by atoms with Gasteiger partial charge in [-0.15, -0.1) is 0 Å². The Balaban J connectivity index is 1.67. The highest BCUT2D eigenvalue weighted by atomic mass is 16.7. The molecular weight excluding hydrogens is 1040 g/mol. The van der Waals surface area contributed by atoms with Crippen molar-refractivity contribution in [2.45, 2.75) is 357 Å². The second-order valence-electron chi connectivity index (χ2n) is 23.9. The van der Waals surface area contributed by atoms with Gasteiger partial charge in [-0.3, -0.25) is 4.79 Å². The van der Waals surface area contributed by atoms with Crippen LogP contribution < -0.4 is 5.32 Å². The summed E-state index contributed by atoms with van der Waals surface area (Å²) in [6.07, 6.45) is 51.1.